The van der Waals surface area contributed by atoms with Gasteiger partial charge in [-0.2, -0.15) is 0 Å². The first-order valence-electron chi connectivity index (χ1n) is 3.14. The fourth-order valence-electron chi connectivity index (χ4n) is 0.457. The van der Waals surface area contributed by atoms with Gasteiger partial charge in [0.1, 0.15) is 0 Å². The van der Waals surface area contributed by atoms with E-state index in [9.17, 15) is 0 Å². The third-order valence-corrected chi connectivity index (χ3v) is 1.63. The van der Waals surface area contributed by atoms with Crippen LogP contribution in [0, 0.1) is 0 Å². The molecule has 0 heterocycles. The molecule has 0 aromatic carbocycles. The molecule has 11 heavy (non-hydrogen) atoms. The van der Waals surface area contributed by atoms with Crippen LogP contribution in [0.2, 0.25) is 0 Å². The van der Waals surface area contributed by atoms with Gasteiger partial charge in [0.25, 0.3) is 0 Å². The summed E-state index contributed by atoms with van der Waals surface area (Å²) in [7, 11) is 0. The molecular weight excluding hydrogens is 257 g/mol. The molecule has 0 aliphatic heterocycles. The number of nitrogens with zero attached hydrogens (tertiary/aromatic N) is 3. The standard InChI is InChI=1S/C6H10IN3O/c1-2-3-11-5-6(7)4-9-10-8/h2,6H,1,3-5H2. The number of hydrogen-bond acceptors (Lipinski definition) is 2. The van der Waals surface area contributed by atoms with Gasteiger partial charge >= 0.3 is 0 Å². The molecule has 0 bridgehead atoms. The van der Waals surface area contributed by atoms with Crippen LogP contribution in [0.1, 0.15) is 0 Å². The second kappa shape index (κ2) is 7.84. The van der Waals surface area contributed by atoms with Crippen LogP contribution in [0.3, 0.4) is 0 Å². The first-order valence-corrected chi connectivity index (χ1v) is 4.39. The van der Waals surface area contributed by atoms with Crippen LogP contribution in [0.5, 0.6) is 0 Å². The van der Waals surface area contributed by atoms with Gasteiger partial charge in [-0.25, -0.2) is 0 Å². The van der Waals surface area contributed by atoms with Gasteiger partial charge in [0.2, 0.25) is 0 Å². The van der Waals surface area contributed by atoms with Gasteiger partial charge in [-0.05, 0) is 5.53 Å². The molecule has 0 amide bonds. The van der Waals surface area contributed by atoms with E-state index in [1.54, 1.807) is 6.08 Å². The van der Waals surface area contributed by atoms with Crippen LogP contribution in [0.4, 0.5) is 0 Å². The maximum absolute atomic E-state index is 7.98. The molecule has 0 fully saturated rings. The predicted octanol–water partition coefficient (Wildman–Crippen LogP) is 2.30. The Bertz CT molecular complexity index is 156. The molecule has 1 atom stereocenters. The quantitative estimate of drug-likeness (QED) is 0.138. The molecule has 62 valence electrons. The average molecular weight is 267 g/mol. The Hall–Kier alpha value is -0.260. The zero-order valence-corrected chi connectivity index (χ0v) is 8.27. The summed E-state index contributed by atoms with van der Waals surface area (Å²) in [6.07, 6.45) is 1.69. The molecule has 0 aliphatic rings. The highest BCUT2D eigenvalue weighted by molar-refractivity contribution is 14.1. The molecule has 0 N–H and O–H groups in total. The van der Waals surface area contributed by atoms with Crippen molar-refractivity contribution in [2.45, 2.75) is 3.92 Å². The zero-order valence-electron chi connectivity index (χ0n) is 6.11. The smallest absolute Gasteiger partial charge is 0.0645 e. The summed E-state index contributed by atoms with van der Waals surface area (Å²) >= 11 is 2.18. The summed E-state index contributed by atoms with van der Waals surface area (Å²) in [6.45, 7) is 5.14. The van der Waals surface area contributed by atoms with Crippen LogP contribution in [0.25, 0.3) is 10.4 Å². The van der Waals surface area contributed by atoms with E-state index in [0.717, 1.165) is 0 Å². The van der Waals surface area contributed by atoms with E-state index in [1.807, 2.05) is 0 Å². The number of hydrogen-bond donors (Lipinski definition) is 0. The molecule has 4 nitrogen and oxygen atoms in total. The lowest BCUT2D eigenvalue weighted by atomic mass is 10.5. The summed E-state index contributed by atoms with van der Waals surface area (Å²) < 4.78 is 5.39. The van der Waals surface area contributed by atoms with Crippen molar-refractivity contribution < 1.29 is 4.74 Å². The molecular formula is C6H10IN3O. The van der Waals surface area contributed by atoms with E-state index in [4.69, 9.17) is 10.3 Å². The summed E-state index contributed by atoms with van der Waals surface area (Å²) in [6, 6.07) is 0. The van der Waals surface area contributed by atoms with Gasteiger partial charge in [0, 0.05) is 15.4 Å². The molecule has 0 aromatic heterocycles. The van der Waals surface area contributed by atoms with Crippen LogP contribution >= 0.6 is 22.6 Å². The monoisotopic (exact) mass is 267 g/mol. The Kier molecular flexibility index (Phi) is 7.66. The third kappa shape index (κ3) is 7.64. The highest BCUT2D eigenvalue weighted by Crippen LogP contribution is 2.01. The topological polar surface area (TPSA) is 58.0 Å². The molecule has 0 saturated carbocycles. The summed E-state index contributed by atoms with van der Waals surface area (Å²) in [5.74, 6) is 0. The van der Waals surface area contributed by atoms with Crippen LogP contribution < -0.4 is 0 Å². The van der Waals surface area contributed by atoms with E-state index in [1.165, 1.54) is 0 Å². The fourth-order valence-corrected chi connectivity index (χ4v) is 0.887. The largest absolute Gasteiger partial charge is 0.376 e. The van der Waals surface area contributed by atoms with Crippen LogP contribution in [-0.2, 0) is 4.74 Å². The number of azide groups is 1. The Labute approximate surface area is 79.4 Å². The van der Waals surface area contributed by atoms with Gasteiger partial charge in [0.05, 0.1) is 13.2 Å². The SMILES string of the molecule is C=CCOCC(I)CN=[N+]=[N-]. The Morgan fingerprint density at radius 1 is 1.82 bits per heavy atom. The minimum absolute atomic E-state index is 0.253. The van der Waals surface area contributed by atoms with E-state index in [0.29, 0.717) is 19.8 Å². The molecule has 0 aliphatic carbocycles. The minimum atomic E-state index is 0.253. The van der Waals surface area contributed by atoms with Gasteiger partial charge in [-0.3, -0.25) is 0 Å². The van der Waals surface area contributed by atoms with Crippen molar-refractivity contribution >= 4 is 22.6 Å². The number of rotatable bonds is 6. The molecule has 1 unspecified atom stereocenters. The molecule has 0 rings (SSSR count). The van der Waals surface area contributed by atoms with Crippen molar-refractivity contribution in [1.29, 1.82) is 0 Å². The summed E-state index contributed by atoms with van der Waals surface area (Å²) in [5.41, 5.74) is 7.98. The highest BCUT2D eigenvalue weighted by atomic mass is 127. The molecule has 0 saturated heterocycles. The Balaban J connectivity index is 3.28. The number of ether oxygens (including phenoxy) is 1. The van der Waals surface area contributed by atoms with Crippen molar-refractivity contribution in [2.24, 2.45) is 5.11 Å². The van der Waals surface area contributed by atoms with Gasteiger partial charge in [-0.15, -0.1) is 6.58 Å². The van der Waals surface area contributed by atoms with E-state index in [-0.39, 0.29) is 3.92 Å². The van der Waals surface area contributed by atoms with Crippen LogP contribution in [0.15, 0.2) is 17.8 Å². The minimum Gasteiger partial charge on any atom is -0.376 e. The molecule has 0 radical (unpaired) electrons. The highest BCUT2D eigenvalue weighted by Gasteiger charge is 2.00. The number of halogens is 1. The lowest BCUT2D eigenvalue weighted by Crippen LogP contribution is -2.11. The van der Waals surface area contributed by atoms with Gasteiger partial charge in [0.15, 0.2) is 0 Å². The van der Waals surface area contributed by atoms with Crippen LogP contribution in [-0.4, -0.2) is 23.7 Å². The Morgan fingerprint density at radius 3 is 3.09 bits per heavy atom. The normalized spacial score (nSPS) is 11.7. The van der Waals surface area contributed by atoms with Crippen molar-refractivity contribution in [3.05, 3.63) is 23.1 Å². The fraction of sp³-hybridized carbons (Fsp3) is 0.667. The van der Waals surface area contributed by atoms with E-state index >= 15 is 0 Å². The average Bonchev–Trinajstić information content (AvgIpc) is 2.01. The molecule has 0 aromatic rings. The predicted molar refractivity (Wildman–Crippen MR) is 52.8 cm³/mol. The lowest BCUT2D eigenvalue weighted by molar-refractivity contribution is 0.167. The maximum atomic E-state index is 7.98. The third-order valence-electron chi connectivity index (χ3n) is 0.877. The first kappa shape index (κ1) is 10.7. The lowest BCUT2D eigenvalue weighted by Gasteiger charge is -2.04. The zero-order chi connectivity index (χ0) is 8.53. The van der Waals surface area contributed by atoms with Gasteiger partial charge in [-0.1, -0.05) is 33.8 Å². The van der Waals surface area contributed by atoms with Gasteiger partial charge < -0.3 is 4.74 Å². The second-order valence-corrected chi connectivity index (χ2v) is 3.60. The van der Waals surface area contributed by atoms with Crippen molar-refractivity contribution in [1.82, 2.24) is 0 Å². The Morgan fingerprint density at radius 2 is 2.55 bits per heavy atom. The maximum Gasteiger partial charge on any atom is 0.0645 e. The summed E-state index contributed by atoms with van der Waals surface area (Å²) in [5, 5.41) is 3.42. The van der Waals surface area contributed by atoms with E-state index < -0.39 is 0 Å². The number of alkyl halides is 1. The van der Waals surface area contributed by atoms with Crippen molar-refractivity contribution in [3.63, 3.8) is 0 Å². The van der Waals surface area contributed by atoms with Crippen molar-refractivity contribution in [3.8, 4) is 0 Å². The van der Waals surface area contributed by atoms with Crippen molar-refractivity contribution in [2.75, 3.05) is 19.8 Å². The first-order chi connectivity index (χ1) is 5.31. The van der Waals surface area contributed by atoms with E-state index in [2.05, 4.69) is 39.2 Å². The summed E-state index contributed by atoms with van der Waals surface area (Å²) in [4.78, 5) is 2.65. The molecule has 0 spiro atoms. The second-order valence-electron chi connectivity index (χ2n) is 1.84. The molecule has 5 heteroatoms.